The van der Waals surface area contributed by atoms with Gasteiger partial charge in [0.15, 0.2) is 0 Å². The molecule has 1 aromatic rings. The van der Waals surface area contributed by atoms with Crippen LogP contribution in [0.25, 0.3) is 0 Å². The molecule has 1 heterocycles. The van der Waals surface area contributed by atoms with E-state index in [9.17, 15) is 0 Å². The number of hydrogen-bond acceptors (Lipinski definition) is 1. The van der Waals surface area contributed by atoms with E-state index in [1.807, 2.05) is 20.8 Å². The molecule has 3 heteroatoms. The normalized spacial score (nSPS) is 8.45. The molecule has 0 saturated carbocycles. The van der Waals surface area contributed by atoms with Crippen molar-refractivity contribution >= 4 is 23.2 Å². The first kappa shape index (κ1) is 10.7. The summed E-state index contributed by atoms with van der Waals surface area (Å²) in [5.41, 5.74) is 1.03. The van der Waals surface area contributed by atoms with E-state index < -0.39 is 0 Å². The van der Waals surface area contributed by atoms with Gasteiger partial charge < -0.3 is 0 Å². The Morgan fingerprint density at radius 2 is 1.45 bits per heavy atom. The molecule has 1 aromatic heterocycles. The van der Waals surface area contributed by atoms with Crippen LogP contribution in [0, 0.1) is 6.92 Å². The molecule has 0 bridgehead atoms. The first-order valence-corrected chi connectivity index (χ1v) is 4.24. The average Bonchev–Trinajstić information content (AvgIpc) is 1.88. The molecule has 0 atom stereocenters. The molecule has 0 amide bonds. The minimum atomic E-state index is 0.444. The Labute approximate surface area is 77.4 Å². The van der Waals surface area contributed by atoms with Gasteiger partial charge in [-0.25, -0.2) is 4.98 Å². The quantitative estimate of drug-likeness (QED) is 0.570. The van der Waals surface area contributed by atoms with Crippen molar-refractivity contribution in [2.24, 2.45) is 0 Å². The molecular weight excluding hydrogens is 181 g/mol. The Hall–Kier alpha value is -0.270. The van der Waals surface area contributed by atoms with Crippen molar-refractivity contribution in [1.82, 2.24) is 4.98 Å². The standard InChI is InChI=1S/C6H5Cl2N.C2H6/c1-4-2-5(7)9-6(8)3-4;1-2/h2-3H,1H3;1-2H3. The predicted molar refractivity (Wildman–Crippen MR) is 50.3 cm³/mol. The zero-order chi connectivity index (χ0) is 8.85. The number of aromatic nitrogens is 1. The van der Waals surface area contributed by atoms with Crippen LogP contribution in [0.3, 0.4) is 0 Å². The third kappa shape index (κ3) is 4.23. The molecule has 0 unspecified atom stereocenters. The maximum absolute atomic E-state index is 5.55. The Balaban J connectivity index is 0.000000461. The molecule has 0 radical (unpaired) electrons. The molecule has 0 spiro atoms. The zero-order valence-corrected chi connectivity index (χ0v) is 8.37. The molecule has 0 aromatic carbocycles. The third-order valence-electron chi connectivity index (χ3n) is 0.907. The Kier molecular flexibility index (Phi) is 5.26. The van der Waals surface area contributed by atoms with Crippen molar-refractivity contribution in [2.45, 2.75) is 20.8 Å². The summed E-state index contributed by atoms with van der Waals surface area (Å²) in [7, 11) is 0. The number of hydrogen-bond donors (Lipinski definition) is 0. The van der Waals surface area contributed by atoms with Crippen molar-refractivity contribution in [3.8, 4) is 0 Å². The molecule has 0 fully saturated rings. The molecular formula is C8H11Cl2N. The minimum absolute atomic E-state index is 0.444. The summed E-state index contributed by atoms with van der Waals surface area (Å²) in [5, 5.41) is 0.889. The molecule has 11 heavy (non-hydrogen) atoms. The molecule has 1 nitrogen and oxygen atoms in total. The smallest absolute Gasteiger partial charge is 0.131 e. The molecule has 0 N–H and O–H groups in total. The van der Waals surface area contributed by atoms with Crippen molar-refractivity contribution in [2.75, 3.05) is 0 Å². The van der Waals surface area contributed by atoms with Gasteiger partial charge in [0.2, 0.25) is 0 Å². The monoisotopic (exact) mass is 191 g/mol. The number of aryl methyl sites for hydroxylation is 1. The van der Waals surface area contributed by atoms with Gasteiger partial charge in [0, 0.05) is 0 Å². The second kappa shape index (κ2) is 5.39. The van der Waals surface area contributed by atoms with Crippen LogP contribution in [0.4, 0.5) is 0 Å². The lowest BCUT2D eigenvalue weighted by atomic mass is 10.3. The third-order valence-corrected chi connectivity index (χ3v) is 1.29. The lowest BCUT2D eigenvalue weighted by molar-refractivity contribution is 1.29. The highest BCUT2D eigenvalue weighted by Crippen LogP contribution is 2.12. The number of nitrogens with zero attached hydrogens (tertiary/aromatic N) is 1. The second-order valence-electron chi connectivity index (χ2n) is 1.79. The van der Waals surface area contributed by atoms with Gasteiger partial charge in [-0.05, 0) is 24.6 Å². The van der Waals surface area contributed by atoms with Gasteiger partial charge in [-0.3, -0.25) is 0 Å². The van der Waals surface area contributed by atoms with Gasteiger partial charge in [0.1, 0.15) is 10.3 Å². The Morgan fingerprint density at radius 1 is 1.09 bits per heavy atom. The summed E-state index contributed by atoms with van der Waals surface area (Å²) < 4.78 is 0. The van der Waals surface area contributed by atoms with Crippen molar-refractivity contribution in [3.63, 3.8) is 0 Å². The van der Waals surface area contributed by atoms with Gasteiger partial charge >= 0.3 is 0 Å². The number of halogens is 2. The summed E-state index contributed by atoms with van der Waals surface area (Å²) in [5.74, 6) is 0. The predicted octanol–water partition coefficient (Wildman–Crippen LogP) is 3.72. The summed E-state index contributed by atoms with van der Waals surface area (Å²) in [6.07, 6.45) is 0. The van der Waals surface area contributed by atoms with E-state index in [1.165, 1.54) is 0 Å². The molecule has 1 rings (SSSR count). The fraction of sp³-hybridized carbons (Fsp3) is 0.375. The fourth-order valence-electron chi connectivity index (χ4n) is 0.584. The van der Waals surface area contributed by atoms with Gasteiger partial charge in [-0.1, -0.05) is 37.0 Å². The van der Waals surface area contributed by atoms with E-state index in [0.29, 0.717) is 10.3 Å². The lowest BCUT2D eigenvalue weighted by Gasteiger charge is -1.92. The molecule has 62 valence electrons. The molecule has 0 aliphatic heterocycles. The Bertz CT molecular complexity index is 173. The van der Waals surface area contributed by atoms with E-state index in [4.69, 9.17) is 23.2 Å². The second-order valence-corrected chi connectivity index (χ2v) is 2.56. The van der Waals surface area contributed by atoms with Gasteiger partial charge in [0.05, 0.1) is 0 Å². The van der Waals surface area contributed by atoms with Crippen LogP contribution in [0.2, 0.25) is 10.3 Å². The highest BCUT2D eigenvalue weighted by atomic mass is 35.5. The summed E-state index contributed by atoms with van der Waals surface area (Å²) in [6, 6.07) is 3.51. The van der Waals surface area contributed by atoms with E-state index >= 15 is 0 Å². The SMILES string of the molecule is CC.Cc1cc(Cl)nc(Cl)c1. The summed E-state index contributed by atoms with van der Waals surface area (Å²) in [6.45, 7) is 5.92. The number of pyridine rings is 1. The first-order valence-electron chi connectivity index (χ1n) is 3.48. The van der Waals surface area contributed by atoms with Gasteiger partial charge in [-0.15, -0.1) is 0 Å². The summed E-state index contributed by atoms with van der Waals surface area (Å²) in [4.78, 5) is 3.77. The average molecular weight is 192 g/mol. The van der Waals surface area contributed by atoms with E-state index in [2.05, 4.69) is 4.98 Å². The fourth-order valence-corrected chi connectivity index (χ4v) is 1.15. The van der Waals surface area contributed by atoms with E-state index in [-0.39, 0.29) is 0 Å². The van der Waals surface area contributed by atoms with Crippen LogP contribution in [-0.4, -0.2) is 4.98 Å². The van der Waals surface area contributed by atoms with Crippen LogP contribution < -0.4 is 0 Å². The lowest BCUT2D eigenvalue weighted by Crippen LogP contribution is -1.77. The van der Waals surface area contributed by atoms with Crippen LogP contribution in [0.1, 0.15) is 19.4 Å². The highest BCUT2D eigenvalue weighted by Gasteiger charge is 1.92. The topological polar surface area (TPSA) is 12.9 Å². The van der Waals surface area contributed by atoms with Crippen LogP contribution in [0.5, 0.6) is 0 Å². The van der Waals surface area contributed by atoms with Crippen molar-refractivity contribution in [3.05, 3.63) is 28.0 Å². The first-order chi connectivity index (χ1) is 5.18. The van der Waals surface area contributed by atoms with Crippen molar-refractivity contribution < 1.29 is 0 Å². The largest absolute Gasteiger partial charge is 0.224 e. The Morgan fingerprint density at radius 3 is 1.73 bits per heavy atom. The maximum Gasteiger partial charge on any atom is 0.131 e. The number of rotatable bonds is 0. The zero-order valence-electron chi connectivity index (χ0n) is 6.86. The van der Waals surface area contributed by atoms with Gasteiger partial charge in [0.25, 0.3) is 0 Å². The summed E-state index contributed by atoms with van der Waals surface area (Å²) >= 11 is 11.1. The molecule has 0 aliphatic carbocycles. The van der Waals surface area contributed by atoms with E-state index in [0.717, 1.165) is 5.56 Å². The van der Waals surface area contributed by atoms with Crippen LogP contribution >= 0.6 is 23.2 Å². The highest BCUT2D eigenvalue weighted by molar-refractivity contribution is 6.32. The maximum atomic E-state index is 5.55. The van der Waals surface area contributed by atoms with E-state index in [1.54, 1.807) is 12.1 Å². The van der Waals surface area contributed by atoms with Crippen molar-refractivity contribution in [1.29, 1.82) is 0 Å². The molecule has 0 saturated heterocycles. The van der Waals surface area contributed by atoms with Crippen LogP contribution in [0.15, 0.2) is 12.1 Å². The minimum Gasteiger partial charge on any atom is -0.224 e. The van der Waals surface area contributed by atoms with Crippen LogP contribution in [-0.2, 0) is 0 Å². The van der Waals surface area contributed by atoms with Gasteiger partial charge in [-0.2, -0.15) is 0 Å². The molecule has 0 aliphatic rings.